The van der Waals surface area contributed by atoms with Crippen LogP contribution in [0.25, 0.3) is 0 Å². The van der Waals surface area contributed by atoms with Crippen molar-refractivity contribution in [3.05, 3.63) is 34.9 Å². The lowest BCUT2D eigenvalue weighted by Gasteiger charge is -2.29. The summed E-state index contributed by atoms with van der Waals surface area (Å²) >= 11 is 0. The molecule has 1 unspecified atom stereocenters. The molecule has 20 heavy (non-hydrogen) atoms. The van der Waals surface area contributed by atoms with Crippen LogP contribution in [0.1, 0.15) is 36.5 Å². The summed E-state index contributed by atoms with van der Waals surface area (Å²) in [5.74, 6) is 0.759. The Morgan fingerprint density at radius 1 is 1.10 bits per heavy atom. The zero-order valence-electron chi connectivity index (χ0n) is 12.8. The Balaban J connectivity index is 1.56. The van der Waals surface area contributed by atoms with E-state index in [-0.39, 0.29) is 0 Å². The first-order valence-corrected chi connectivity index (χ1v) is 8.35. The molecule has 1 fully saturated rings. The smallest absolute Gasteiger partial charge is 0.0107 e. The largest absolute Gasteiger partial charge is 0.314 e. The number of hydrogen-bond donors (Lipinski definition) is 1. The first-order valence-electron chi connectivity index (χ1n) is 8.35. The first-order chi connectivity index (χ1) is 9.81. The Bertz CT molecular complexity index is 435. The van der Waals surface area contributed by atoms with Gasteiger partial charge in [0.05, 0.1) is 0 Å². The van der Waals surface area contributed by atoms with E-state index in [1.807, 2.05) is 0 Å². The highest BCUT2D eigenvalue weighted by molar-refractivity contribution is 5.34. The molecule has 1 aliphatic heterocycles. The van der Waals surface area contributed by atoms with Crippen LogP contribution in [-0.2, 0) is 19.3 Å². The van der Waals surface area contributed by atoms with Crippen molar-refractivity contribution in [2.45, 2.75) is 39.0 Å². The second-order valence-corrected chi connectivity index (χ2v) is 6.67. The van der Waals surface area contributed by atoms with Crippen LogP contribution in [0.5, 0.6) is 0 Å². The maximum Gasteiger partial charge on any atom is 0.0107 e. The van der Waals surface area contributed by atoms with E-state index in [1.165, 1.54) is 51.7 Å². The topological polar surface area (TPSA) is 15.3 Å². The van der Waals surface area contributed by atoms with E-state index in [0.29, 0.717) is 0 Å². The van der Waals surface area contributed by atoms with Gasteiger partial charge in [-0.3, -0.25) is 0 Å². The number of fused-ring (bicyclic) bond motifs is 1. The number of rotatable bonds is 4. The Morgan fingerprint density at radius 2 is 1.85 bits per heavy atom. The number of aryl methyl sites for hydroxylation is 2. The molecule has 1 N–H and O–H groups in total. The van der Waals surface area contributed by atoms with E-state index >= 15 is 0 Å². The van der Waals surface area contributed by atoms with Crippen molar-refractivity contribution in [3.8, 4) is 0 Å². The molecule has 2 aliphatic rings. The van der Waals surface area contributed by atoms with Crippen molar-refractivity contribution < 1.29 is 0 Å². The molecular formula is C18H28N2. The number of hydrogen-bond acceptors (Lipinski definition) is 2. The number of benzene rings is 1. The SMILES string of the molecule is CC(Cc1ccc2c(c1)CCCC2)CN1CCNCC1. The van der Waals surface area contributed by atoms with Crippen molar-refractivity contribution in [2.75, 3.05) is 32.7 Å². The van der Waals surface area contributed by atoms with Crippen molar-refractivity contribution >= 4 is 0 Å². The summed E-state index contributed by atoms with van der Waals surface area (Å²) < 4.78 is 0. The third-order valence-electron chi connectivity index (χ3n) is 4.78. The molecule has 1 aromatic carbocycles. The van der Waals surface area contributed by atoms with Crippen LogP contribution in [0.15, 0.2) is 18.2 Å². The number of piperazine rings is 1. The highest BCUT2D eigenvalue weighted by Crippen LogP contribution is 2.23. The number of nitrogens with zero attached hydrogens (tertiary/aromatic N) is 1. The van der Waals surface area contributed by atoms with Crippen LogP contribution < -0.4 is 5.32 Å². The molecule has 110 valence electrons. The lowest BCUT2D eigenvalue weighted by atomic mass is 9.88. The van der Waals surface area contributed by atoms with E-state index in [4.69, 9.17) is 0 Å². The fraction of sp³-hybridized carbons (Fsp3) is 0.667. The summed E-state index contributed by atoms with van der Waals surface area (Å²) in [7, 11) is 0. The Labute approximate surface area is 123 Å². The lowest BCUT2D eigenvalue weighted by molar-refractivity contribution is 0.211. The lowest BCUT2D eigenvalue weighted by Crippen LogP contribution is -2.45. The van der Waals surface area contributed by atoms with E-state index < -0.39 is 0 Å². The van der Waals surface area contributed by atoms with E-state index in [0.717, 1.165) is 19.0 Å². The van der Waals surface area contributed by atoms with Gasteiger partial charge in [-0.2, -0.15) is 0 Å². The van der Waals surface area contributed by atoms with Crippen molar-refractivity contribution in [1.29, 1.82) is 0 Å². The highest BCUT2D eigenvalue weighted by Gasteiger charge is 2.15. The fourth-order valence-corrected chi connectivity index (χ4v) is 3.72. The molecule has 0 radical (unpaired) electrons. The molecule has 0 spiro atoms. The standard InChI is InChI=1S/C18H28N2/c1-15(14-20-10-8-19-9-11-20)12-16-6-7-17-4-2-3-5-18(17)13-16/h6-7,13,15,19H,2-5,8-12,14H2,1H3. The normalized spacial score (nSPS) is 21.4. The molecule has 1 saturated heterocycles. The number of nitrogens with one attached hydrogen (secondary N) is 1. The maximum absolute atomic E-state index is 3.43. The van der Waals surface area contributed by atoms with Gasteiger partial charge in [0.1, 0.15) is 0 Å². The molecule has 1 atom stereocenters. The third-order valence-corrected chi connectivity index (χ3v) is 4.78. The average Bonchev–Trinajstić information content (AvgIpc) is 2.48. The molecule has 1 aromatic rings. The molecule has 2 heteroatoms. The zero-order chi connectivity index (χ0) is 13.8. The maximum atomic E-state index is 3.43. The summed E-state index contributed by atoms with van der Waals surface area (Å²) in [5, 5.41) is 3.43. The van der Waals surface area contributed by atoms with E-state index in [1.54, 1.807) is 16.7 Å². The van der Waals surface area contributed by atoms with Gasteiger partial charge in [0.2, 0.25) is 0 Å². The zero-order valence-corrected chi connectivity index (χ0v) is 12.8. The van der Waals surface area contributed by atoms with Crippen LogP contribution in [0.3, 0.4) is 0 Å². The summed E-state index contributed by atoms with van der Waals surface area (Å²) in [6.45, 7) is 8.40. The van der Waals surface area contributed by atoms with E-state index in [9.17, 15) is 0 Å². The second kappa shape index (κ2) is 6.73. The van der Waals surface area contributed by atoms with E-state index in [2.05, 4.69) is 35.3 Å². The predicted octanol–water partition coefficient (Wildman–Crippen LogP) is 2.65. The van der Waals surface area contributed by atoms with Crippen molar-refractivity contribution in [2.24, 2.45) is 5.92 Å². The summed E-state index contributed by atoms with van der Waals surface area (Å²) in [4.78, 5) is 2.61. The van der Waals surface area contributed by atoms with Gasteiger partial charge in [0.15, 0.2) is 0 Å². The minimum absolute atomic E-state index is 0.759. The second-order valence-electron chi connectivity index (χ2n) is 6.67. The van der Waals surface area contributed by atoms with Crippen LogP contribution in [0, 0.1) is 5.92 Å². The molecule has 1 heterocycles. The molecule has 3 rings (SSSR count). The third kappa shape index (κ3) is 3.62. The van der Waals surface area contributed by atoms with Gasteiger partial charge in [-0.05, 0) is 54.7 Å². The quantitative estimate of drug-likeness (QED) is 0.906. The summed E-state index contributed by atoms with van der Waals surface area (Å²) in [6.07, 6.45) is 6.59. The minimum Gasteiger partial charge on any atom is -0.314 e. The molecule has 0 aromatic heterocycles. The minimum atomic E-state index is 0.759. The molecule has 0 bridgehead atoms. The van der Waals surface area contributed by atoms with Gasteiger partial charge in [0, 0.05) is 32.7 Å². The average molecular weight is 272 g/mol. The Morgan fingerprint density at radius 3 is 2.65 bits per heavy atom. The van der Waals surface area contributed by atoms with Crippen molar-refractivity contribution in [3.63, 3.8) is 0 Å². The van der Waals surface area contributed by atoms with Gasteiger partial charge in [-0.15, -0.1) is 0 Å². The van der Waals surface area contributed by atoms with Crippen molar-refractivity contribution in [1.82, 2.24) is 10.2 Å². The summed E-state index contributed by atoms with van der Waals surface area (Å²) in [5.41, 5.74) is 4.78. The Hall–Kier alpha value is -0.860. The molecule has 0 amide bonds. The summed E-state index contributed by atoms with van der Waals surface area (Å²) in [6, 6.07) is 7.25. The molecule has 0 saturated carbocycles. The first kappa shape index (κ1) is 14.1. The van der Waals surface area contributed by atoms with Crippen LogP contribution in [0.2, 0.25) is 0 Å². The van der Waals surface area contributed by atoms with Gasteiger partial charge in [0.25, 0.3) is 0 Å². The fourth-order valence-electron chi connectivity index (χ4n) is 3.72. The van der Waals surface area contributed by atoms with Crippen LogP contribution >= 0.6 is 0 Å². The molecule has 1 aliphatic carbocycles. The highest BCUT2D eigenvalue weighted by atomic mass is 15.2. The van der Waals surface area contributed by atoms with Gasteiger partial charge < -0.3 is 10.2 Å². The van der Waals surface area contributed by atoms with Crippen LogP contribution in [-0.4, -0.2) is 37.6 Å². The Kier molecular flexibility index (Phi) is 4.74. The molecular weight excluding hydrogens is 244 g/mol. The molecule has 2 nitrogen and oxygen atoms in total. The predicted molar refractivity (Wildman–Crippen MR) is 85.3 cm³/mol. The van der Waals surface area contributed by atoms with Gasteiger partial charge in [-0.25, -0.2) is 0 Å². The van der Waals surface area contributed by atoms with Crippen LogP contribution in [0.4, 0.5) is 0 Å². The van der Waals surface area contributed by atoms with Gasteiger partial charge in [-0.1, -0.05) is 25.1 Å². The monoisotopic (exact) mass is 272 g/mol. The van der Waals surface area contributed by atoms with Gasteiger partial charge >= 0.3 is 0 Å².